The fraction of sp³-hybridized carbons (Fsp3) is 0.143. The number of amides is 1. The van der Waals surface area contributed by atoms with E-state index in [1.165, 1.54) is 11.3 Å². The molecule has 0 saturated carbocycles. The van der Waals surface area contributed by atoms with Gasteiger partial charge in [-0.3, -0.25) is 9.78 Å². The summed E-state index contributed by atoms with van der Waals surface area (Å²) >= 11 is 7.43. The molecule has 5 heteroatoms. The summed E-state index contributed by atoms with van der Waals surface area (Å²) in [6.45, 7) is 2.00. The van der Waals surface area contributed by atoms with Crippen LogP contribution in [0.5, 0.6) is 0 Å². The number of hydrogen-bond donors (Lipinski definition) is 1. The predicted octanol–water partition coefficient (Wildman–Crippen LogP) is 2.87. The second-order valence-corrected chi connectivity index (χ2v) is 5.03. The highest BCUT2D eigenvalue weighted by Crippen LogP contribution is 2.21. The van der Waals surface area contributed by atoms with Gasteiger partial charge in [-0.15, -0.1) is 11.3 Å². The normalized spacial score (nSPS) is 8.58. The van der Waals surface area contributed by atoms with E-state index in [1.807, 2.05) is 30.6 Å². The molecule has 2 aromatic rings. The molecule has 1 amide bonds. The first kappa shape index (κ1) is 15.2. The smallest absolute Gasteiger partial charge is 0.206 e. The van der Waals surface area contributed by atoms with Crippen LogP contribution in [-0.2, 0) is 4.79 Å². The molecule has 0 saturated heterocycles. The molecular weight excluding hydrogens is 280 g/mol. The maximum Gasteiger partial charge on any atom is 0.206 e. The lowest BCUT2D eigenvalue weighted by Gasteiger charge is -1.91. The summed E-state index contributed by atoms with van der Waals surface area (Å²) in [6, 6.07) is 3.92. The minimum Gasteiger partial charge on any atom is -0.362 e. The molecule has 2 aromatic heterocycles. The van der Waals surface area contributed by atoms with Crippen LogP contribution < -0.4 is 5.32 Å². The Morgan fingerprint density at radius 1 is 1.42 bits per heavy atom. The Kier molecular flexibility index (Phi) is 6.65. The van der Waals surface area contributed by atoms with Crippen LogP contribution >= 0.6 is 22.9 Å². The van der Waals surface area contributed by atoms with E-state index in [0.29, 0.717) is 6.41 Å². The summed E-state index contributed by atoms with van der Waals surface area (Å²) in [4.78, 5) is 13.1. The fourth-order valence-corrected chi connectivity index (χ4v) is 1.98. The van der Waals surface area contributed by atoms with Crippen LogP contribution in [0.3, 0.4) is 0 Å². The minimum absolute atomic E-state index is 0.625. The standard InChI is InChI=1S/C12H8ClNS.C2H5NO/c1-9-6-10(8-14-7-9)2-3-11-4-5-15-12(11)13;1-3-2-4/h4-8H,1H3;2H,1H3,(H,3,4). The molecule has 2 rings (SSSR count). The van der Waals surface area contributed by atoms with Crippen molar-refractivity contribution in [2.75, 3.05) is 7.05 Å². The van der Waals surface area contributed by atoms with E-state index in [9.17, 15) is 0 Å². The molecular formula is C14H13ClN2OS. The van der Waals surface area contributed by atoms with Crippen LogP contribution in [-0.4, -0.2) is 18.4 Å². The molecule has 0 fully saturated rings. The predicted molar refractivity (Wildman–Crippen MR) is 79.4 cm³/mol. The molecule has 0 spiro atoms. The maximum absolute atomic E-state index is 9.06. The molecule has 3 nitrogen and oxygen atoms in total. The number of pyridine rings is 1. The number of nitrogens with zero attached hydrogens (tertiary/aromatic N) is 1. The van der Waals surface area contributed by atoms with Crippen LogP contribution in [0.4, 0.5) is 0 Å². The number of nitrogens with one attached hydrogen (secondary N) is 1. The average molecular weight is 293 g/mol. The number of thiophene rings is 1. The number of aryl methyl sites for hydroxylation is 1. The van der Waals surface area contributed by atoms with Gasteiger partial charge in [0.1, 0.15) is 4.34 Å². The molecule has 0 unspecified atom stereocenters. The number of aromatic nitrogens is 1. The van der Waals surface area contributed by atoms with E-state index in [-0.39, 0.29) is 0 Å². The first-order valence-electron chi connectivity index (χ1n) is 5.45. The van der Waals surface area contributed by atoms with Gasteiger partial charge in [0.2, 0.25) is 6.41 Å². The van der Waals surface area contributed by atoms with Crippen molar-refractivity contribution in [1.29, 1.82) is 0 Å². The third-order valence-corrected chi connectivity index (χ3v) is 3.12. The second kappa shape index (κ2) is 8.30. The second-order valence-electron chi connectivity index (χ2n) is 3.52. The summed E-state index contributed by atoms with van der Waals surface area (Å²) in [5.41, 5.74) is 2.90. The van der Waals surface area contributed by atoms with Gasteiger partial charge < -0.3 is 5.32 Å². The highest BCUT2D eigenvalue weighted by atomic mass is 35.5. The Morgan fingerprint density at radius 2 is 2.16 bits per heavy atom. The van der Waals surface area contributed by atoms with Crippen LogP contribution in [0.1, 0.15) is 16.7 Å². The van der Waals surface area contributed by atoms with E-state index in [0.717, 1.165) is 21.0 Å². The van der Waals surface area contributed by atoms with Crippen molar-refractivity contribution >= 4 is 29.3 Å². The molecule has 0 aromatic carbocycles. The topological polar surface area (TPSA) is 42.0 Å². The molecule has 0 bridgehead atoms. The first-order valence-corrected chi connectivity index (χ1v) is 6.70. The van der Waals surface area contributed by atoms with Crippen LogP contribution in [0.15, 0.2) is 29.9 Å². The molecule has 2 heterocycles. The zero-order chi connectivity index (χ0) is 14.1. The summed E-state index contributed by atoms with van der Waals surface area (Å²) < 4.78 is 0.739. The zero-order valence-electron chi connectivity index (χ0n) is 10.6. The van der Waals surface area contributed by atoms with Gasteiger partial charge in [-0.2, -0.15) is 0 Å². The molecule has 0 radical (unpaired) electrons. The average Bonchev–Trinajstić information content (AvgIpc) is 2.82. The first-order chi connectivity index (χ1) is 9.17. The highest BCUT2D eigenvalue weighted by molar-refractivity contribution is 7.14. The Morgan fingerprint density at radius 3 is 2.68 bits per heavy atom. The molecule has 1 N–H and O–H groups in total. The molecule has 0 atom stereocenters. The largest absolute Gasteiger partial charge is 0.362 e. The Bertz CT molecular complexity index is 599. The van der Waals surface area contributed by atoms with Gasteiger partial charge in [-0.25, -0.2) is 0 Å². The van der Waals surface area contributed by atoms with Crippen molar-refractivity contribution in [2.24, 2.45) is 0 Å². The number of carbonyl (C=O) groups excluding carboxylic acids is 1. The van der Waals surface area contributed by atoms with E-state index in [1.54, 1.807) is 13.2 Å². The van der Waals surface area contributed by atoms with Gasteiger partial charge in [-0.05, 0) is 30.0 Å². The summed E-state index contributed by atoms with van der Waals surface area (Å²) in [5, 5.41) is 4.18. The van der Waals surface area contributed by atoms with E-state index in [2.05, 4.69) is 22.1 Å². The van der Waals surface area contributed by atoms with E-state index in [4.69, 9.17) is 16.4 Å². The van der Waals surface area contributed by atoms with Gasteiger partial charge in [0, 0.05) is 25.0 Å². The van der Waals surface area contributed by atoms with Crippen LogP contribution in [0.25, 0.3) is 0 Å². The molecule has 98 valence electrons. The number of carbonyl (C=O) groups is 1. The Hall–Kier alpha value is -1.83. The number of halogens is 1. The van der Waals surface area contributed by atoms with Crippen LogP contribution in [0.2, 0.25) is 4.34 Å². The van der Waals surface area contributed by atoms with Gasteiger partial charge in [-0.1, -0.05) is 23.4 Å². The van der Waals surface area contributed by atoms with Gasteiger partial charge in [0.15, 0.2) is 0 Å². The summed E-state index contributed by atoms with van der Waals surface area (Å²) in [6.07, 6.45) is 4.18. The van der Waals surface area contributed by atoms with Crippen LogP contribution in [0, 0.1) is 18.8 Å². The van der Waals surface area contributed by atoms with Gasteiger partial charge in [0.05, 0.1) is 5.56 Å². The number of rotatable bonds is 1. The lowest BCUT2D eigenvalue weighted by atomic mass is 10.2. The zero-order valence-corrected chi connectivity index (χ0v) is 12.2. The third-order valence-electron chi connectivity index (χ3n) is 1.95. The summed E-state index contributed by atoms with van der Waals surface area (Å²) in [5.74, 6) is 6.06. The van der Waals surface area contributed by atoms with Crippen molar-refractivity contribution in [2.45, 2.75) is 6.92 Å². The fourth-order valence-electron chi connectivity index (χ4n) is 1.14. The Labute approximate surface area is 121 Å². The van der Waals surface area contributed by atoms with Crippen molar-refractivity contribution in [3.63, 3.8) is 0 Å². The monoisotopic (exact) mass is 292 g/mol. The maximum atomic E-state index is 9.06. The summed E-state index contributed by atoms with van der Waals surface area (Å²) in [7, 11) is 1.56. The van der Waals surface area contributed by atoms with Crippen molar-refractivity contribution < 1.29 is 4.79 Å². The molecule has 0 aliphatic heterocycles. The highest BCUT2D eigenvalue weighted by Gasteiger charge is 1.96. The van der Waals surface area contributed by atoms with E-state index >= 15 is 0 Å². The lowest BCUT2D eigenvalue weighted by Crippen LogP contribution is -1.98. The molecule has 0 aliphatic carbocycles. The lowest BCUT2D eigenvalue weighted by molar-refractivity contribution is -0.109. The van der Waals surface area contributed by atoms with Crippen molar-refractivity contribution in [3.05, 3.63) is 50.9 Å². The van der Waals surface area contributed by atoms with Gasteiger partial charge in [0.25, 0.3) is 0 Å². The quantitative estimate of drug-likeness (QED) is 0.649. The third kappa shape index (κ3) is 5.56. The molecule has 19 heavy (non-hydrogen) atoms. The van der Waals surface area contributed by atoms with Crippen molar-refractivity contribution in [3.8, 4) is 11.8 Å². The number of hydrogen-bond acceptors (Lipinski definition) is 3. The SMILES string of the molecule is CNC=O.Cc1cncc(C#Cc2ccsc2Cl)c1. The Balaban J connectivity index is 0.000000399. The molecule has 0 aliphatic rings. The minimum atomic E-state index is 0.625. The van der Waals surface area contributed by atoms with Crippen molar-refractivity contribution in [1.82, 2.24) is 10.3 Å². The van der Waals surface area contributed by atoms with Gasteiger partial charge >= 0.3 is 0 Å². The van der Waals surface area contributed by atoms with E-state index < -0.39 is 0 Å².